The van der Waals surface area contributed by atoms with Crippen molar-refractivity contribution in [2.45, 2.75) is 63.8 Å². The van der Waals surface area contributed by atoms with E-state index in [-0.39, 0.29) is 11.9 Å². The summed E-state index contributed by atoms with van der Waals surface area (Å²) in [5.74, 6) is 0.102. The molecular formula is C12H22N2O2. The summed E-state index contributed by atoms with van der Waals surface area (Å²) in [5.41, 5.74) is 0. The third-order valence-corrected chi connectivity index (χ3v) is 3.51. The average Bonchev–Trinajstić information content (AvgIpc) is 2.87. The summed E-state index contributed by atoms with van der Waals surface area (Å²) in [6.07, 6.45) is 5.16. The van der Waals surface area contributed by atoms with E-state index in [4.69, 9.17) is 4.74 Å². The number of nitrogens with one attached hydrogen (secondary N) is 2. The van der Waals surface area contributed by atoms with Gasteiger partial charge in [0, 0.05) is 12.6 Å². The molecular weight excluding hydrogens is 204 g/mol. The summed E-state index contributed by atoms with van der Waals surface area (Å²) < 4.78 is 5.75. The van der Waals surface area contributed by atoms with Gasteiger partial charge >= 0.3 is 0 Å². The first-order chi connectivity index (χ1) is 7.70. The van der Waals surface area contributed by atoms with E-state index in [1.54, 1.807) is 0 Å². The van der Waals surface area contributed by atoms with Crippen molar-refractivity contribution < 1.29 is 9.53 Å². The Balaban J connectivity index is 1.74. The summed E-state index contributed by atoms with van der Waals surface area (Å²) in [7, 11) is 0. The standard InChI is InChI=1S/C12H22N2O2/c1-3-6-13-12(15)8(2)14-10-7-9-4-5-11(10)16-9/h8-11,14H,3-7H2,1-2H3,(H,13,15). The molecule has 4 nitrogen and oxygen atoms in total. The fourth-order valence-corrected chi connectivity index (χ4v) is 2.61. The lowest BCUT2D eigenvalue weighted by Gasteiger charge is -2.24. The number of fused-ring (bicyclic) bond motifs is 2. The van der Waals surface area contributed by atoms with Crippen LogP contribution in [-0.2, 0) is 9.53 Å². The lowest BCUT2D eigenvalue weighted by Crippen LogP contribution is -2.49. The predicted octanol–water partition coefficient (Wildman–Crippen LogP) is 0.811. The van der Waals surface area contributed by atoms with Gasteiger partial charge in [-0.05, 0) is 32.6 Å². The molecule has 4 unspecified atom stereocenters. The van der Waals surface area contributed by atoms with E-state index in [9.17, 15) is 4.79 Å². The number of rotatable bonds is 5. The third kappa shape index (κ3) is 2.55. The van der Waals surface area contributed by atoms with Crippen LogP contribution >= 0.6 is 0 Å². The molecule has 2 fully saturated rings. The number of hydrogen-bond donors (Lipinski definition) is 2. The van der Waals surface area contributed by atoms with Crippen molar-refractivity contribution >= 4 is 5.91 Å². The lowest BCUT2D eigenvalue weighted by molar-refractivity contribution is -0.123. The Labute approximate surface area is 97.1 Å². The zero-order chi connectivity index (χ0) is 11.5. The van der Waals surface area contributed by atoms with Crippen LogP contribution in [0.3, 0.4) is 0 Å². The highest BCUT2D eigenvalue weighted by Gasteiger charge is 2.41. The van der Waals surface area contributed by atoms with Crippen LogP contribution in [0.5, 0.6) is 0 Å². The molecule has 2 N–H and O–H groups in total. The molecule has 2 aliphatic heterocycles. The van der Waals surface area contributed by atoms with Crippen LogP contribution in [0.2, 0.25) is 0 Å². The largest absolute Gasteiger partial charge is 0.373 e. The minimum atomic E-state index is -0.112. The van der Waals surface area contributed by atoms with Crippen LogP contribution in [0.1, 0.15) is 39.5 Å². The molecule has 0 aromatic heterocycles. The highest BCUT2D eigenvalue weighted by molar-refractivity contribution is 5.81. The van der Waals surface area contributed by atoms with Gasteiger partial charge in [-0.15, -0.1) is 0 Å². The van der Waals surface area contributed by atoms with Gasteiger partial charge in [-0.2, -0.15) is 0 Å². The minimum absolute atomic E-state index is 0.102. The molecule has 92 valence electrons. The van der Waals surface area contributed by atoms with Gasteiger partial charge in [0.1, 0.15) is 0 Å². The van der Waals surface area contributed by atoms with Crippen molar-refractivity contribution in [1.82, 2.24) is 10.6 Å². The average molecular weight is 226 g/mol. The Morgan fingerprint density at radius 2 is 2.31 bits per heavy atom. The fraction of sp³-hybridized carbons (Fsp3) is 0.917. The van der Waals surface area contributed by atoms with Gasteiger partial charge in [0.2, 0.25) is 5.91 Å². The fourth-order valence-electron chi connectivity index (χ4n) is 2.61. The number of ether oxygens (including phenoxy) is 1. The number of carbonyl (C=O) groups is 1. The van der Waals surface area contributed by atoms with Crippen molar-refractivity contribution in [3.8, 4) is 0 Å². The van der Waals surface area contributed by atoms with Crippen LogP contribution in [0, 0.1) is 0 Å². The van der Waals surface area contributed by atoms with Crippen LogP contribution in [-0.4, -0.2) is 36.7 Å². The second kappa shape index (κ2) is 5.15. The topological polar surface area (TPSA) is 50.4 Å². The molecule has 2 rings (SSSR count). The maximum absolute atomic E-state index is 11.7. The van der Waals surface area contributed by atoms with Gasteiger partial charge in [0.05, 0.1) is 18.2 Å². The van der Waals surface area contributed by atoms with Crippen LogP contribution in [0.15, 0.2) is 0 Å². The molecule has 4 heteroatoms. The molecule has 2 saturated heterocycles. The zero-order valence-electron chi connectivity index (χ0n) is 10.2. The predicted molar refractivity (Wildman–Crippen MR) is 62.2 cm³/mol. The van der Waals surface area contributed by atoms with Crippen LogP contribution < -0.4 is 10.6 Å². The Bertz CT molecular complexity index is 257. The first-order valence-electron chi connectivity index (χ1n) is 6.40. The lowest BCUT2D eigenvalue weighted by atomic mass is 9.95. The van der Waals surface area contributed by atoms with E-state index in [1.165, 1.54) is 6.42 Å². The van der Waals surface area contributed by atoms with Gasteiger partial charge in [-0.1, -0.05) is 6.92 Å². The van der Waals surface area contributed by atoms with Crippen LogP contribution in [0.4, 0.5) is 0 Å². The van der Waals surface area contributed by atoms with Crippen molar-refractivity contribution in [3.05, 3.63) is 0 Å². The highest BCUT2D eigenvalue weighted by atomic mass is 16.5. The molecule has 2 heterocycles. The summed E-state index contributed by atoms with van der Waals surface area (Å²) in [5, 5.41) is 6.29. The molecule has 2 aliphatic rings. The summed E-state index contributed by atoms with van der Waals surface area (Å²) >= 11 is 0. The van der Waals surface area contributed by atoms with Gasteiger partial charge in [-0.3, -0.25) is 4.79 Å². The molecule has 2 bridgehead atoms. The van der Waals surface area contributed by atoms with Crippen molar-refractivity contribution in [2.75, 3.05) is 6.54 Å². The maximum atomic E-state index is 11.7. The second-order valence-electron chi connectivity index (χ2n) is 4.90. The molecule has 0 aliphatic carbocycles. The van der Waals surface area contributed by atoms with Gasteiger partial charge in [0.15, 0.2) is 0 Å². The van der Waals surface area contributed by atoms with E-state index in [0.29, 0.717) is 18.2 Å². The Morgan fingerprint density at radius 1 is 1.50 bits per heavy atom. The van der Waals surface area contributed by atoms with E-state index >= 15 is 0 Å². The first-order valence-corrected chi connectivity index (χ1v) is 6.40. The SMILES string of the molecule is CCCNC(=O)C(C)NC1CC2CCC1O2. The molecule has 0 aromatic carbocycles. The van der Waals surface area contributed by atoms with E-state index in [2.05, 4.69) is 17.6 Å². The molecule has 4 atom stereocenters. The summed E-state index contributed by atoms with van der Waals surface area (Å²) in [4.78, 5) is 11.7. The molecule has 0 aromatic rings. The summed E-state index contributed by atoms with van der Waals surface area (Å²) in [6, 6.07) is 0.264. The summed E-state index contributed by atoms with van der Waals surface area (Å²) in [6.45, 7) is 4.75. The maximum Gasteiger partial charge on any atom is 0.236 e. The van der Waals surface area contributed by atoms with E-state index in [0.717, 1.165) is 25.8 Å². The number of hydrogen-bond acceptors (Lipinski definition) is 3. The van der Waals surface area contributed by atoms with E-state index < -0.39 is 0 Å². The minimum Gasteiger partial charge on any atom is -0.373 e. The van der Waals surface area contributed by atoms with Crippen molar-refractivity contribution in [1.29, 1.82) is 0 Å². The molecule has 0 radical (unpaired) electrons. The van der Waals surface area contributed by atoms with E-state index in [1.807, 2.05) is 6.92 Å². The Morgan fingerprint density at radius 3 is 2.88 bits per heavy atom. The van der Waals surface area contributed by atoms with Crippen LogP contribution in [0.25, 0.3) is 0 Å². The molecule has 0 saturated carbocycles. The molecule has 1 amide bonds. The number of carbonyl (C=O) groups excluding carboxylic acids is 1. The van der Waals surface area contributed by atoms with Gasteiger partial charge in [0.25, 0.3) is 0 Å². The quantitative estimate of drug-likeness (QED) is 0.729. The Kier molecular flexibility index (Phi) is 3.82. The second-order valence-corrected chi connectivity index (χ2v) is 4.90. The number of amides is 1. The highest BCUT2D eigenvalue weighted by Crippen LogP contribution is 2.34. The monoisotopic (exact) mass is 226 g/mol. The molecule has 0 spiro atoms. The Hall–Kier alpha value is -0.610. The van der Waals surface area contributed by atoms with Crippen molar-refractivity contribution in [2.24, 2.45) is 0 Å². The van der Waals surface area contributed by atoms with Gasteiger partial charge in [-0.25, -0.2) is 0 Å². The zero-order valence-corrected chi connectivity index (χ0v) is 10.2. The first kappa shape index (κ1) is 11.9. The van der Waals surface area contributed by atoms with Gasteiger partial charge < -0.3 is 15.4 Å². The third-order valence-electron chi connectivity index (χ3n) is 3.51. The molecule has 16 heavy (non-hydrogen) atoms. The van der Waals surface area contributed by atoms with Crippen molar-refractivity contribution in [3.63, 3.8) is 0 Å². The smallest absolute Gasteiger partial charge is 0.236 e. The normalized spacial score (nSPS) is 34.0.